The van der Waals surface area contributed by atoms with Gasteiger partial charge in [0, 0.05) is 4.88 Å². The van der Waals surface area contributed by atoms with Crippen LogP contribution in [0.5, 0.6) is 0 Å². The van der Waals surface area contributed by atoms with Crippen molar-refractivity contribution < 1.29 is 23.2 Å². The molecule has 4 rings (SSSR count). The average Bonchev–Trinajstić information content (AvgIpc) is 3.65. The van der Waals surface area contributed by atoms with Crippen LogP contribution in [0.2, 0.25) is 0 Å². The van der Waals surface area contributed by atoms with Crippen molar-refractivity contribution in [3.05, 3.63) is 106 Å². The Morgan fingerprint density at radius 2 is 1.71 bits per heavy atom. The molecular formula is C26H25N3O5S. The predicted octanol–water partition coefficient (Wildman–Crippen LogP) is 4.06. The van der Waals surface area contributed by atoms with Gasteiger partial charge < -0.3 is 24.4 Å². The van der Waals surface area contributed by atoms with E-state index in [1.165, 1.54) is 34.8 Å². The van der Waals surface area contributed by atoms with Gasteiger partial charge >= 0.3 is 0 Å². The standard InChI is InChI=1S/C26H25N3O5S/c1-18-8-10-19(11-9-18)24(26(32)27-15-20-5-2-12-33-20)29(17-21-6-4-14-35-21)23(30)16-28-25(31)22-7-3-13-34-22/h2-14,24H,15-17H2,1H3,(H,27,32)(H,28,31)/t24-/m1/s1. The van der Waals surface area contributed by atoms with E-state index < -0.39 is 17.9 Å². The molecule has 0 aliphatic heterocycles. The maximum atomic E-state index is 13.5. The molecule has 3 heterocycles. The zero-order valence-corrected chi connectivity index (χ0v) is 19.9. The van der Waals surface area contributed by atoms with Crippen molar-refractivity contribution in [1.29, 1.82) is 0 Å². The van der Waals surface area contributed by atoms with Crippen LogP contribution in [-0.2, 0) is 22.7 Å². The Kier molecular flexibility index (Phi) is 7.79. The fraction of sp³-hybridized carbons (Fsp3) is 0.192. The van der Waals surface area contributed by atoms with E-state index in [2.05, 4.69) is 10.6 Å². The molecule has 2 N–H and O–H groups in total. The molecule has 8 nitrogen and oxygen atoms in total. The van der Waals surface area contributed by atoms with Gasteiger partial charge in [0.15, 0.2) is 5.76 Å². The van der Waals surface area contributed by atoms with Crippen molar-refractivity contribution >= 4 is 29.1 Å². The first-order chi connectivity index (χ1) is 17.0. The molecule has 0 bridgehead atoms. The number of hydrogen-bond acceptors (Lipinski definition) is 6. The molecule has 0 aliphatic carbocycles. The monoisotopic (exact) mass is 491 g/mol. The molecule has 0 radical (unpaired) electrons. The number of nitrogens with zero attached hydrogens (tertiary/aromatic N) is 1. The molecule has 0 saturated heterocycles. The zero-order valence-electron chi connectivity index (χ0n) is 19.1. The Bertz CT molecular complexity index is 1230. The Morgan fingerprint density at radius 1 is 0.943 bits per heavy atom. The molecule has 4 aromatic rings. The number of nitrogens with one attached hydrogen (secondary N) is 2. The van der Waals surface area contributed by atoms with E-state index in [0.29, 0.717) is 11.3 Å². The third kappa shape index (κ3) is 6.27. The molecule has 0 spiro atoms. The van der Waals surface area contributed by atoms with Crippen LogP contribution in [0.1, 0.15) is 38.4 Å². The molecule has 35 heavy (non-hydrogen) atoms. The van der Waals surface area contributed by atoms with Crippen molar-refractivity contribution in [2.24, 2.45) is 0 Å². The number of carbonyl (C=O) groups is 3. The molecule has 0 saturated carbocycles. The van der Waals surface area contributed by atoms with Gasteiger partial charge in [0.25, 0.3) is 5.91 Å². The van der Waals surface area contributed by atoms with Crippen LogP contribution in [-0.4, -0.2) is 29.2 Å². The van der Waals surface area contributed by atoms with Crippen molar-refractivity contribution in [3.63, 3.8) is 0 Å². The van der Waals surface area contributed by atoms with E-state index in [0.717, 1.165) is 10.4 Å². The van der Waals surface area contributed by atoms with Gasteiger partial charge in [0.2, 0.25) is 11.8 Å². The minimum Gasteiger partial charge on any atom is -0.467 e. The highest BCUT2D eigenvalue weighted by Gasteiger charge is 2.32. The number of furan rings is 2. The van der Waals surface area contributed by atoms with Gasteiger partial charge in [-0.2, -0.15) is 0 Å². The molecule has 3 aromatic heterocycles. The summed E-state index contributed by atoms with van der Waals surface area (Å²) in [6.45, 7) is 2.05. The first-order valence-corrected chi connectivity index (χ1v) is 11.9. The van der Waals surface area contributed by atoms with Crippen molar-refractivity contribution in [1.82, 2.24) is 15.5 Å². The van der Waals surface area contributed by atoms with Gasteiger partial charge in [-0.3, -0.25) is 14.4 Å². The lowest BCUT2D eigenvalue weighted by atomic mass is 10.0. The topological polar surface area (TPSA) is 105 Å². The summed E-state index contributed by atoms with van der Waals surface area (Å²) in [6, 6.07) is 17.0. The van der Waals surface area contributed by atoms with E-state index in [1.807, 2.05) is 48.7 Å². The van der Waals surface area contributed by atoms with Gasteiger partial charge in [0.1, 0.15) is 11.8 Å². The number of carbonyl (C=O) groups excluding carboxylic acids is 3. The van der Waals surface area contributed by atoms with Crippen LogP contribution in [0, 0.1) is 6.92 Å². The molecule has 0 fully saturated rings. The van der Waals surface area contributed by atoms with Crippen LogP contribution in [0.15, 0.2) is 87.4 Å². The van der Waals surface area contributed by atoms with Crippen LogP contribution in [0.4, 0.5) is 0 Å². The van der Waals surface area contributed by atoms with E-state index in [1.54, 1.807) is 18.2 Å². The zero-order chi connectivity index (χ0) is 24.6. The summed E-state index contributed by atoms with van der Waals surface area (Å²) in [6.07, 6.45) is 2.92. The second-order valence-electron chi connectivity index (χ2n) is 7.87. The normalized spacial score (nSPS) is 11.6. The summed E-state index contributed by atoms with van der Waals surface area (Å²) in [7, 11) is 0. The predicted molar refractivity (Wildman–Crippen MR) is 130 cm³/mol. The minimum absolute atomic E-state index is 0.105. The summed E-state index contributed by atoms with van der Waals surface area (Å²) in [5.41, 5.74) is 1.69. The van der Waals surface area contributed by atoms with Gasteiger partial charge in [-0.15, -0.1) is 11.3 Å². The van der Waals surface area contributed by atoms with Gasteiger partial charge in [0.05, 0.1) is 32.2 Å². The third-order valence-electron chi connectivity index (χ3n) is 5.34. The number of rotatable bonds is 10. The number of benzene rings is 1. The lowest BCUT2D eigenvalue weighted by Gasteiger charge is -2.31. The summed E-state index contributed by atoms with van der Waals surface area (Å²) in [4.78, 5) is 41.6. The average molecular weight is 492 g/mol. The lowest BCUT2D eigenvalue weighted by molar-refractivity contribution is -0.140. The van der Waals surface area contributed by atoms with Crippen LogP contribution < -0.4 is 10.6 Å². The van der Waals surface area contributed by atoms with Crippen LogP contribution in [0.3, 0.4) is 0 Å². The van der Waals surface area contributed by atoms with Crippen molar-refractivity contribution in [2.45, 2.75) is 26.1 Å². The SMILES string of the molecule is Cc1ccc([C@H](C(=O)NCc2ccco2)N(Cc2cccs2)C(=O)CNC(=O)c2ccco2)cc1. The molecule has 0 aliphatic rings. The Labute approximate surface area is 206 Å². The number of thiophene rings is 1. The molecule has 1 atom stereocenters. The highest BCUT2D eigenvalue weighted by atomic mass is 32.1. The number of aryl methyl sites for hydroxylation is 1. The van der Waals surface area contributed by atoms with E-state index in [9.17, 15) is 14.4 Å². The second-order valence-corrected chi connectivity index (χ2v) is 8.90. The first kappa shape index (κ1) is 24.0. The summed E-state index contributed by atoms with van der Waals surface area (Å²) in [5.74, 6) is -0.560. The molecule has 1 aromatic carbocycles. The third-order valence-corrected chi connectivity index (χ3v) is 6.20. The maximum Gasteiger partial charge on any atom is 0.287 e. The summed E-state index contributed by atoms with van der Waals surface area (Å²) in [5, 5.41) is 7.37. The highest BCUT2D eigenvalue weighted by Crippen LogP contribution is 2.26. The fourth-order valence-electron chi connectivity index (χ4n) is 3.55. The van der Waals surface area contributed by atoms with Crippen LogP contribution in [0.25, 0.3) is 0 Å². The largest absolute Gasteiger partial charge is 0.467 e. The van der Waals surface area contributed by atoms with E-state index >= 15 is 0 Å². The Balaban J connectivity index is 1.60. The molecule has 3 amide bonds. The first-order valence-electron chi connectivity index (χ1n) is 11.0. The molecular weight excluding hydrogens is 466 g/mol. The lowest BCUT2D eigenvalue weighted by Crippen LogP contribution is -2.46. The number of amides is 3. The van der Waals surface area contributed by atoms with E-state index in [4.69, 9.17) is 8.83 Å². The van der Waals surface area contributed by atoms with Gasteiger partial charge in [-0.25, -0.2) is 0 Å². The van der Waals surface area contributed by atoms with Crippen molar-refractivity contribution in [2.75, 3.05) is 6.54 Å². The van der Waals surface area contributed by atoms with Crippen molar-refractivity contribution in [3.8, 4) is 0 Å². The Morgan fingerprint density at radius 3 is 2.37 bits per heavy atom. The molecule has 9 heteroatoms. The quantitative estimate of drug-likeness (QED) is 0.348. The number of hydrogen-bond donors (Lipinski definition) is 2. The molecule has 0 unspecified atom stereocenters. The Hall–Kier alpha value is -4.11. The second kappa shape index (κ2) is 11.3. The smallest absolute Gasteiger partial charge is 0.287 e. The molecule has 180 valence electrons. The van der Waals surface area contributed by atoms with E-state index in [-0.39, 0.29) is 31.3 Å². The van der Waals surface area contributed by atoms with Gasteiger partial charge in [-0.1, -0.05) is 35.9 Å². The summed E-state index contributed by atoms with van der Waals surface area (Å²) >= 11 is 1.49. The maximum absolute atomic E-state index is 13.5. The van der Waals surface area contributed by atoms with Crippen LogP contribution >= 0.6 is 11.3 Å². The minimum atomic E-state index is -0.916. The van der Waals surface area contributed by atoms with Gasteiger partial charge in [-0.05, 0) is 48.2 Å². The highest BCUT2D eigenvalue weighted by molar-refractivity contribution is 7.09. The fourth-order valence-corrected chi connectivity index (χ4v) is 4.25. The summed E-state index contributed by atoms with van der Waals surface area (Å²) < 4.78 is 10.4.